The van der Waals surface area contributed by atoms with Gasteiger partial charge >= 0.3 is 0 Å². The highest BCUT2D eigenvalue weighted by molar-refractivity contribution is 9.10. The van der Waals surface area contributed by atoms with Gasteiger partial charge < -0.3 is 9.84 Å². The Hall–Kier alpha value is -1.03. The molecule has 0 bridgehead atoms. The van der Waals surface area contributed by atoms with Crippen LogP contribution in [0.2, 0.25) is 5.02 Å². The van der Waals surface area contributed by atoms with E-state index in [2.05, 4.69) is 15.9 Å². The van der Waals surface area contributed by atoms with Gasteiger partial charge in [0, 0.05) is 15.4 Å². The lowest BCUT2D eigenvalue weighted by Crippen LogP contribution is -2.08. The summed E-state index contributed by atoms with van der Waals surface area (Å²) in [5.74, 6) is 0.808. The summed E-state index contributed by atoms with van der Waals surface area (Å²) in [7, 11) is 1.64. The second kappa shape index (κ2) is 7.11. The molecule has 0 aromatic heterocycles. The molecule has 20 heavy (non-hydrogen) atoms. The summed E-state index contributed by atoms with van der Waals surface area (Å²) < 4.78 is 6.36. The van der Waals surface area contributed by atoms with Gasteiger partial charge in [0.1, 0.15) is 5.75 Å². The Morgan fingerprint density at radius 1 is 1.25 bits per heavy atom. The van der Waals surface area contributed by atoms with Crippen LogP contribution in [0.1, 0.15) is 17.0 Å². The number of ether oxygens (including phenoxy) is 1. The van der Waals surface area contributed by atoms with Crippen LogP contribution in [-0.4, -0.2) is 18.8 Å². The van der Waals surface area contributed by atoms with Crippen LogP contribution < -0.4 is 4.74 Å². The molecule has 0 amide bonds. The van der Waals surface area contributed by atoms with Crippen molar-refractivity contribution in [2.75, 3.05) is 13.7 Å². The molecule has 1 unspecified atom stereocenters. The van der Waals surface area contributed by atoms with Crippen molar-refractivity contribution in [3.8, 4) is 5.75 Å². The Balaban J connectivity index is 2.28. The fourth-order valence-corrected chi connectivity index (χ4v) is 2.83. The van der Waals surface area contributed by atoms with E-state index >= 15 is 0 Å². The van der Waals surface area contributed by atoms with Gasteiger partial charge in [-0.15, -0.1) is 0 Å². The second-order valence-electron chi connectivity index (χ2n) is 4.59. The summed E-state index contributed by atoms with van der Waals surface area (Å²) in [6.45, 7) is 0.0755. The van der Waals surface area contributed by atoms with E-state index in [0.29, 0.717) is 11.4 Å². The molecule has 2 nitrogen and oxygen atoms in total. The summed E-state index contributed by atoms with van der Waals surface area (Å²) in [5.41, 5.74) is 2.09. The predicted molar refractivity (Wildman–Crippen MR) is 85.7 cm³/mol. The molecule has 0 saturated carbocycles. The van der Waals surface area contributed by atoms with E-state index in [4.69, 9.17) is 16.3 Å². The van der Waals surface area contributed by atoms with Crippen molar-refractivity contribution >= 4 is 27.5 Å². The van der Waals surface area contributed by atoms with Crippen LogP contribution in [0.25, 0.3) is 0 Å². The molecule has 2 aromatic carbocycles. The minimum absolute atomic E-state index is 0.0138. The van der Waals surface area contributed by atoms with E-state index in [9.17, 15) is 5.11 Å². The molecule has 0 aliphatic carbocycles. The normalized spacial score (nSPS) is 12.2. The molecule has 106 valence electrons. The van der Waals surface area contributed by atoms with Crippen LogP contribution in [0.4, 0.5) is 0 Å². The maximum absolute atomic E-state index is 9.68. The molecule has 0 radical (unpaired) electrons. The first-order chi connectivity index (χ1) is 9.63. The number of hydrogen-bond acceptors (Lipinski definition) is 2. The average molecular weight is 356 g/mol. The molecular weight excluding hydrogens is 340 g/mol. The number of benzene rings is 2. The minimum atomic E-state index is 0.0138. The minimum Gasteiger partial charge on any atom is -0.496 e. The van der Waals surface area contributed by atoms with E-state index in [1.54, 1.807) is 13.2 Å². The van der Waals surface area contributed by atoms with Gasteiger partial charge in [0.2, 0.25) is 0 Å². The Kier molecular flexibility index (Phi) is 5.46. The standard InChI is InChI=1S/C16H16BrClO2/c1-20-16-6-5-15(18)9-12(16)7-13(10-19)11-3-2-4-14(17)8-11/h2-6,8-9,13,19H,7,10H2,1H3. The molecule has 0 aliphatic rings. The summed E-state index contributed by atoms with van der Waals surface area (Å²) in [6.07, 6.45) is 0.677. The molecule has 1 atom stereocenters. The first kappa shape index (κ1) is 15.4. The quantitative estimate of drug-likeness (QED) is 0.860. The van der Waals surface area contributed by atoms with E-state index in [1.165, 1.54) is 0 Å². The van der Waals surface area contributed by atoms with Crippen molar-refractivity contribution in [2.45, 2.75) is 12.3 Å². The van der Waals surface area contributed by atoms with Crippen molar-refractivity contribution in [1.29, 1.82) is 0 Å². The molecule has 0 saturated heterocycles. The Labute approximate surface area is 132 Å². The van der Waals surface area contributed by atoms with Crippen LogP contribution in [-0.2, 0) is 6.42 Å². The van der Waals surface area contributed by atoms with Crippen molar-refractivity contribution in [3.63, 3.8) is 0 Å². The van der Waals surface area contributed by atoms with Gasteiger partial charge in [-0.1, -0.05) is 39.7 Å². The highest BCUT2D eigenvalue weighted by Gasteiger charge is 2.15. The van der Waals surface area contributed by atoms with Crippen molar-refractivity contribution < 1.29 is 9.84 Å². The van der Waals surface area contributed by atoms with Crippen LogP contribution in [0, 0.1) is 0 Å². The molecular formula is C16H16BrClO2. The Morgan fingerprint density at radius 2 is 2.05 bits per heavy atom. The predicted octanol–water partition coefficient (Wildman–Crippen LogP) is 4.43. The summed E-state index contributed by atoms with van der Waals surface area (Å²) in [6, 6.07) is 13.5. The molecule has 0 heterocycles. The van der Waals surface area contributed by atoms with Crippen LogP contribution >= 0.6 is 27.5 Å². The number of rotatable bonds is 5. The molecule has 0 fully saturated rings. The number of hydrogen-bond donors (Lipinski definition) is 1. The van der Waals surface area contributed by atoms with Gasteiger partial charge in [-0.3, -0.25) is 0 Å². The third kappa shape index (κ3) is 3.75. The van der Waals surface area contributed by atoms with E-state index in [-0.39, 0.29) is 12.5 Å². The zero-order valence-electron chi connectivity index (χ0n) is 11.1. The summed E-state index contributed by atoms with van der Waals surface area (Å²) in [4.78, 5) is 0. The fraction of sp³-hybridized carbons (Fsp3) is 0.250. The zero-order valence-corrected chi connectivity index (χ0v) is 13.5. The molecule has 1 N–H and O–H groups in total. The van der Waals surface area contributed by atoms with Crippen LogP contribution in [0.5, 0.6) is 5.75 Å². The molecule has 4 heteroatoms. The SMILES string of the molecule is COc1ccc(Cl)cc1CC(CO)c1cccc(Br)c1. The van der Waals surface area contributed by atoms with Crippen molar-refractivity contribution in [2.24, 2.45) is 0 Å². The van der Waals surface area contributed by atoms with E-state index in [0.717, 1.165) is 21.3 Å². The lowest BCUT2D eigenvalue weighted by Gasteiger charge is -2.17. The fourth-order valence-electron chi connectivity index (χ4n) is 2.22. The van der Waals surface area contributed by atoms with Gasteiger partial charge in [-0.2, -0.15) is 0 Å². The highest BCUT2D eigenvalue weighted by Crippen LogP contribution is 2.29. The first-order valence-electron chi connectivity index (χ1n) is 6.32. The monoisotopic (exact) mass is 354 g/mol. The number of aliphatic hydroxyl groups is 1. The third-order valence-corrected chi connectivity index (χ3v) is 3.98. The average Bonchev–Trinajstić information content (AvgIpc) is 2.45. The molecule has 0 spiro atoms. The van der Waals surface area contributed by atoms with Crippen molar-refractivity contribution in [1.82, 2.24) is 0 Å². The first-order valence-corrected chi connectivity index (χ1v) is 7.50. The van der Waals surface area contributed by atoms with Crippen molar-refractivity contribution in [3.05, 3.63) is 63.1 Å². The smallest absolute Gasteiger partial charge is 0.122 e. The highest BCUT2D eigenvalue weighted by atomic mass is 79.9. The van der Waals surface area contributed by atoms with Gasteiger partial charge in [0.05, 0.1) is 13.7 Å². The number of aliphatic hydroxyl groups excluding tert-OH is 1. The summed E-state index contributed by atoms with van der Waals surface area (Å²) in [5, 5.41) is 10.3. The molecule has 2 aromatic rings. The summed E-state index contributed by atoms with van der Waals surface area (Å²) >= 11 is 9.50. The zero-order chi connectivity index (χ0) is 14.5. The van der Waals surface area contributed by atoms with Gasteiger partial charge in [0.15, 0.2) is 0 Å². The Bertz CT molecular complexity index is 586. The Morgan fingerprint density at radius 3 is 2.70 bits per heavy atom. The van der Waals surface area contributed by atoms with E-state index in [1.807, 2.05) is 36.4 Å². The van der Waals surface area contributed by atoms with Crippen LogP contribution in [0.15, 0.2) is 46.9 Å². The second-order valence-corrected chi connectivity index (χ2v) is 5.95. The van der Waals surface area contributed by atoms with Gasteiger partial charge in [0.25, 0.3) is 0 Å². The molecule has 2 rings (SSSR count). The van der Waals surface area contributed by atoms with Gasteiger partial charge in [-0.25, -0.2) is 0 Å². The third-order valence-electron chi connectivity index (χ3n) is 3.25. The molecule has 0 aliphatic heterocycles. The van der Waals surface area contributed by atoms with Crippen LogP contribution in [0.3, 0.4) is 0 Å². The topological polar surface area (TPSA) is 29.5 Å². The van der Waals surface area contributed by atoms with E-state index < -0.39 is 0 Å². The largest absolute Gasteiger partial charge is 0.496 e. The van der Waals surface area contributed by atoms with Gasteiger partial charge in [-0.05, 0) is 47.9 Å². The number of methoxy groups -OCH3 is 1. The maximum Gasteiger partial charge on any atom is 0.122 e. The lowest BCUT2D eigenvalue weighted by atomic mass is 9.92. The number of halogens is 2. The lowest BCUT2D eigenvalue weighted by molar-refractivity contribution is 0.263. The maximum atomic E-state index is 9.68.